The Morgan fingerprint density at radius 3 is 2.42 bits per heavy atom. The Morgan fingerprint density at radius 1 is 1.11 bits per heavy atom. The molecule has 1 heterocycles. The first kappa shape index (κ1) is 13.2. The molecule has 0 bridgehead atoms. The average molecular weight is 257 g/mol. The Kier molecular flexibility index (Phi) is 4.64. The monoisotopic (exact) mass is 257 g/mol. The Balaban J connectivity index is 1.98. The van der Waals surface area contributed by atoms with E-state index in [2.05, 4.69) is 5.43 Å². The Labute approximate surface area is 112 Å². The number of pyridine rings is 1. The fourth-order valence-electron chi connectivity index (χ4n) is 1.75. The van der Waals surface area contributed by atoms with E-state index in [9.17, 15) is 4.79 Å². The van der Waals surface area contributed by atoms with Crippen molar-refractivity contribution in [1.29, 1.82) is 0 Å². The molecule has 0 saturated heterocycles. The molecule has 0 fully saturated rings. The zero-order chi connectivity index (χ0) is 13.5. The van der Waals surface area contributed by atoms with Gasteiger partial charge in [-0.1, -0.05) is 22.9 Å². The Hall–Kier alpha value is -2.20. The van der Waals surface area contributed by atoms with Crippen LogP contribution in [0.2, 0.25) is 0 Å². The first-order valence-corrected chi connectivity index (χ1v) is 6.27. The third-order valence-corrected chi connectivity index (χ3v) is 2.79. The summed E-state index contributed by atoms with van der Waals surface area (Å²) in [6.45, 7) is 0.194. The number of carbonyl (C=O) groups is 1. The van der Waals surface area contributed by atoms with Crippen molar-refractivity contribution in [1.82, 2.24) is 0 Å². The molecule has 1 amide bonds. The first-order chi connectivity index (χ1) is 9.29. The minimum atomic E-state index is -0.145. The van der Waals surface area contributed by atoms with E-state index < -0.39 is 0 Å². The van der Waals surface area contributed by atoms with E-state index in [0.29, 0.717) is 5.56 Å². The quantitative estimate of drug-likeness (QED) is 0.793. The third-order valence-electron chi connectivity index (χ3n) is 2.79. The van der Waals surface area contributed by atoms with Crippen LogP contribution in [-0.2, 0) is 6.42 Å². The highest BCUT2D eigenvalue weighted by Crippen LogP contribution is 2.00. The second kappa shape index (κ2) is 6.66. The summed E-state index contributed by atoms with van der Waals surface area (Å²) in [5.74, 6) is -0.145. The minimum absolute atomic E-state index is 0.145. The molecule has 98 valence electrons. The number of hydrogen-bond acceptors (Lipinski definition) is 2. The first-order valence-electron chi connectivity index (χ1n) is 6.27. The van der Waals surface area contributed by atoms with Gasteiger partial charge < -0.3 is 5.11 Å². The molecule has 0 atom stereocenters. The topological polar surface area (TPSA) is 53.2 Å². The highest BCUT2D eigenvalue weighted by Gasteiger charge is 2.09. The Morgan fingerprint density at radius 2 is 1.79 bits per heavy atom. The zero-order valence-electron chi connectivity index (χ0n) is 10.6. The van der Waals surface area contributed by atoms with Crippen LogP contribution in [0.4, 0.5) is 0 Å². The van der Waals surface area contributed by atoms with Gasteiger partial charge in [0.25, 0.3) is 0 Å². The van der Waals surface area contributed by atoms with Crippen LogP contribution in [0.3, 0.4) is 0 Å². The lowest BCUT2D eigenvalue weighted by Gasteiger charge is -2.01. The van der Waals surface area contributed by atoms with Crippen molar-refractivity contribution < 1.29 is 14.6 Å². The van der Waals surface area contributed by atoms with E-state index in [-0.39, 0.29) is 12.5 Å². The number of aliphatic hydroxyl groups excluding tert-OH is 1. The molecule has 0 spiro atoms. The van der Waals surface area contributed by atoms with Crippen LogP contribution >= 0.6 is 0 Å². The lowest BCUT2D eigenvalue weighted by atomic mass is 10.1. The van der Waals surface area contributed by atoms with E-state index in [1.807, 2.05) is 30.3 Å². The summed E-state index contributed by atoms with van der Waals surface area (Å²) >= 11 is 0. The maximum atomic E-state index is 11.9. The smallest absolute Gasteiger partial charge is 0.305 e. The molecule has 1 aromatic heterocycles. The predicted molar refractivity (Wildman–Crippen MR) is 72.2 cm³/mol. The zero-order valence-corrected chi connectivity index (χ0v) is 10.6. The van der Waals surface area contributed by atoms with E-state index in [4.69, 9.17) is 5.11 Å². The number of nitrogens with zero attached hydrogens (tertiary/aromatic N) is 1. The number of aromatic nitrogens is 1. The van der Waals surface area contributed by atoms with E-state index in [1.165, 1.54) is 0 Å². The van der Waals surface area contributed by atoms with Gasteiger partial charge in [0.05, 0.1) is 0 Å². The van der Waals surface area contributed by atoms with Crippen molar-refractivity contribution in [2.75, 3.05) is 12.0 Å². The minimum Gasteiger partial charge on any atom is -0.396 e. The number of aliphatic hydroxyl groups is 1. The number of hydrogen-bond donors (Lipinski definition) is 2. The van der Waals surface area contributed by atoms with E-state index in [1.54, 1.807) is 29.2 Å². The van der Waals surface area contributed by atoms with Crippen molar-refractivity contribution in [3.8, 4) is 0 Å². The third kappa shape index (κ3) is 3.89. The summed E-state index contributed by atoms with van der Waals surface area (Å²) in [6, 6.07) is 12.9. The summed E-state index contributed by atoms with van der Waals surface area (Å²) in [5.41, 5.74) is 4.53. The van der Waals surface area contributed by atoms with Crippen LogP contribution < -0.4 is 10.1 Å². The van der Waals surface area contributed by atoms with Gasteiger partial charge in [0.2, 0.25) is 0 Å². The molecule has 0 radical (unpaired) electrons. The van der Waals surface area contributed by atoms with Crippen molar-refractivity contribution in [3.05, 3.63) is 66.0 Å². The molecule has 1 aromatic carbocycles. The molecule has 4 heteroatoms. The standard InChI is InChI=1S/C15H16N2O2/c18-12-4-5-13-8-10-17(11-9-13)16-15(19)14-6-2-1-3-7-14/h1-3,6-11,18H,4-5,12H2/p+1. The van der Waals surface area contributed by atoms with Crippen LogP contribution in [0, 0.1) is 0 Å². The molecule has 2 aromatic rings. The van der Waals surface area contributed by atoms with Crippen molar-refractivity contribution in [3.63, 3.8) is 0 Å². The molecular weight excluding hydrogens is 240 g/mol. The van der Waals surface area contributed by atoms with Gasteiger partial charge in [-0.15, -0.1) is 5.43 Å². The average Bonchev–Trinajstić information content (AvgIpc) is 2.47. The van der Waals surface area contributed by atoms with Gasteiger partial charge in [-0.25, -0.2) is 0 Å². The van der Waals surface area contributed by atoms with Crippen LogP contribution in [0.25, 0.3) is 0 Å². The predicted octanol–water partition coefficient (Wildman–Crippen LogP) is 1.28. The molecule has 0 unspecified atom stereocenters. The second-order valence-electron chi connectivity index (χ2n) is 4.25. The number of benzene rings is 1. The van der Waals surface area contributed by atoms with Crippen LogP contribution in [0.1, 0.15) is 22.3 Å². The van der Waals surface area contributed by atoms with E-state index >= 15 is 0 Å². The molecule has 19 heavy (non-hydrogen) atoms. The number of aryl methyl sites for hydroxylation is 1. The van der Waals surface area contributed by atoms with Crippen molar-refractivity contribution >= 4 is 5.91 Å². The van der Waals surface area contributed by atoms with Crippen LogP contribution in [0.15, 0.2) is 54.9 Å². The number of nitrogens with one attached hydrogen (secondary N) is 1. The highest BCUT2D eigenvalue weighted by atomic mass is 16.2. The molecule has 4 nitrogen and oxygen atoms in total. The maximum absolute atomic E-state index is 11.9. The molecule has 2 rings (SSSR count). The molecular formula is C15H17N2O2+. The maximum Gasteiger partial charge on any atom is 0.305 e. The number of amides is 1. The van der Waals surface area contributed by atoms with Gasteiger partial charge in [-0.3, -0.25) is 4.79 Å². The summed E-state index contributed by atoms with van der Waals surface area (Å²) in [7, 11) is 0. The Bertz CT molecular complexity index is 524. The van der Waals surface area contributed by atoms with Gasteiger partial charge in [-0.05, 0) is 30.5 Å². The summed E-state index contributed by atoms with van der Waals surface area (Å²) in [5, 5.41) is 8.76. The van der Waals surface area contributed by atoms with Gasteiger partial charge >= 0.3 is 5.91 Å². The summed E-state index contributed by atoms with van der Waals surface area (Å²) < 4.78 is 1.62. The van der Waals surface area contributed by atoms with Crippen molar-refractivity contribution in [2.45, 2.75) is 12.8 Å². The molecule has 0 aliphatic heterocycles. The number of carbonyl (C=O) groups excluding carboxylic acids is 1. The second-order valence-corrected chi connectivity index (χ2v) is 4.25. The van der Waals surface area contributed by atoms with Gasteiger partial charge in [0, 0.05) is 24.3 Å². The molecule has 0 saturated carbocycles. The van der Waals surface area contributed by atoms with E-state index in [0.717, 1.165) is 18.4 Å². The lowest BCUT2D eigenvalue weighted by Crippen LogP contribution is -2.47. The fraction of sp³-hybridized carbons (Fsp3) is 0.200. The van der Waals surface area contributed by atoms with Gasteiger partial charge in [0.15, 0.2) is 12.4 Å². The normalized spacial score (nSPS) is 10.2. The lowest BCUT2D eigenvalue weighted by molar-refractivity contribution is -0.641. The largest absolute Gasteiger partial charge is 0.396 e. The number of rotatable bonds is 5. The SMILES string of the molecule is O=C(N[n+]1ccc(CCCO)cc1)c1ccccc1. The molecule has 0 aliphatic rings. The summed E-state index contributed by atoms with van der Waals surface area (Å²) in [6.07, 6.45) is 5.19. The molecule has 2 N–H and O–H groups in total. The van der Waals surface area contributed by atoms with Gasteiger partial charge in [0.1, 0.15) is 0 Å². The molecule has 0 aliphatic carbocycles. The van der Waals surface area contributed by atoms with Crippen LogP contribution in [0.5, 0.6) is 0 Å². The van der Waals surface area contributed by atoms with Crippen molar-refractivity contribution in [2.24, 2.45) is 0 Å². The fourth-order valence-corrected chi connectivity index (χ4v) is 1.75. The van der Waals surface area contributed by atoms with Crippen LogP contribution in [-0.4, -0.2) is 17.6 Å². The van der Waals surface area contributed by atoms with Gasteiger partial charge in [-0.2, -0.15) is 0 Å². The highest BCUT2D eigenvalue weighted by molar-refractivity contribution is 5.98. The summed E-state index contributed by atoms with van der Waals surface area (Å²) in [4.78, 5) is 11.9.